The fourth-order valence-electron chi connectivity index (χ4n) is 11.0. The lowest BCUT2D eigenvalue weighted by atomic mass is 9.95. The molecule has 21 saturated heterocycles. The van der Waals surface area contributed by atoms with E-state index in [1.54, 1.807) is 24.3 Å². The summed E-state index contributed by atoms with van der Waals surface area (Å²) in [6.07, 6.45) is -70.2. The molecule has 1 amide bonds. The van der Waals surface area contributed by atoms with Crippen LogP contribution < -0.4 is 5.73 Å². The monoisotopic (exact) mass is 1260 g/mol. The van der Waals surface area contributed by atoms with E-state index >= 15 is 0 Å². The minimum absolute atomic E-state index is 0.379. The van der Waals surface area contributed by atoms with E-state index in [0.717, 1.165) is 0 Å². The fraction of sp³-hybridized carbons (Fsp3) is 0.857. The summed E-state index contributed by atoms with van der Waals surface area (Å²) in [5.41, 5.74) is 5.53. The largest absolute Gasteiger partial charge is 0.394 e. The topological polar surface area (TPSA) is 597 Å². The molecule has 0 aromatic heterocycles. The van der Waals surface area contributed by atoms with E-state index in [0.29, 0.717) is 5.56 Å². The van der Waals surface area contributed by atoms with E-state index in [4.69, 9.17) is 72.0 Å². The van der Waals surface area contributed by atoms with Crippen LogP contribution in [-0.2, 0) is 66.3 Å². The summed E-state index contributed by atoms with van der Waals surface area (Å²) < 4.78 is 79.5. The van der Waals surface area contributed by atoms with Crippen LogP contribution in [0.25, 0.3) is 0 Å². The number of ether oxygens (including phenoxy) is 14. The Balaban J connectivity index is 0.000000977. The first-order chi connectivity index (χ1) is 41.0. The first-order valence-corrected chi connectivity index (χ1v) is 27.3. The van der Waals surface area contributed by atoms with Crippen LogP contribution in [0.1, 0.15) is 10.4 Å². The SMILES string of the molecule is NC(=O)c1ccccc1.OC[C@H]1O[C@@H]2O[C@H]3[C@H](O)[C@@H](O)[C@@H](O[C@H]4[C@H](O)[C@@H](O)[C@@H](O[C@H]5[C@H](O)[C@@H](O)[C@@H](O[C@H]6[C@H](O)[C@@H](O)[C@@H](O[C@H]7[C@H](O)[C@@H](O)[C@@H](O[C@H]8[C@H](O)[C@@H](O)[C@@H](O[C@H]1[C@H](O)[C@H]2O)O[C@@H]8CO)O[C@@H]7CO)O[C@@H]6CO)O[C@@H]5CO)O[C@@H]4CO)O[C@@H]3CO. The van der Waals surface area contributed by atoms with Crippen molar-refractivity contribution in [1.29, 1.82) is 0 Å². The van der Waals surface area contributed by atoms with E-state index in [2.05, 4.69) is 0 Å². The third-order valence-electron chi connectivity index (χ3n) is 15.8. The van der Waals surface area contributed by atoms with Crippen LogP contribution in [0.4, 0.5) is 0 Å². The molecule has 0 spiro atoms. The zero-order valence-corrected chi connectivity index (χ0v) is 45.1. The lowest BCUT2D eigenvalue weighted by Crippen LogP contribution is -2.68. The Morgan fingerprint density at radius 2 is 0.419 bits per heavy atom. The number of amides is 1. The van der Waals surface area contributed by atoms with Gasteiger partial charge >= 0.3 is 0 Å². The first kappa shape index (κ1) is 69.2. The van der Waals surface area contributed by atoms with Crippen molar-refractivity contribution in [3.63, 3.8) is 0 Å². The van der Waals surface area contributed by atoms with Gasteiger partial charge in [0, 0.05) is 5.56 Å². The van der Waals surface area contributed by atoms with E-state index < -0.39 is 261 Å². The number of aliphatic hydroxyl groups excluding tert-OH is 21. The third kappa shape index (κ3) is 14.3. The van der Waals surface area contributed by atoms with E-state index in [9.17, 15) is 112 Å². The van der Waals surface area contributed by atoms with Gasteiger partial charge in [0.15, 0.2) is 44.0 Å². The number of hydrogen-bond acceptors (Lipinski definition) is 36. The minimum Gasteiger partial charge on any atom is -0.394 e. The molecule has 21 fully saturated rings. The molecular weight excluding hydrogens is 1180 g/mol. The first-order valence-electron chi connectivity index (χ1n) is 27.3. The lowest BCUT2D eigenvalue weighted by Gasteiger charge is -2.50. The smallest absolute Gasteiger partial charge is 0.248 e. The number of carbonyl (C=O) groups is 1. The summed E-state index contributed by atoms with van der Waals surface area (Å²) in [5.74, 6) is -0.379. The zero-order chi connectivity index (χ0) is 62.7. The van der Waals surface area contributed by atoms with Gasteiger partial charge in [-0.1, -0.05) is 18.2 Å². The molecule has 0 unspecified atom stereocenters. The molecule has 1 aromatic carbocycles. The number of primary amides is 1. The molecule has 0 saturated carbocycles. The molecule has 0 radical (unpaired) electrons. The van der Waals surface area contributed by atoms with Crippen molar-refractivity contribution in [2.75, 3.05) is 46.2 Å². The van der Waals surface area contributed by atoms with Crippen LogP contribution in [0, 0.1) is 0 Å². The Bertz CT molecular complexity index is 1870. The zero-order valence-electron chi connectivity index (χ0n) is 45.1. The van der Waals surface area contributed by atoms with Crippen LogP contribution in [0.3, 0.4) is 0 Å². The number of hydrogen-bond donors (Lipinski definition) is 22. The second-order valence-electron chi connectivity index (χ2n) is 21.4. The minimum atomic E-state index is -2.21. The third-order valence-corrected chi connectivity index (χ3v) is 15.8. The van der Waals surface area contributed by atoms with Crippen molar-refractivity contribution in [3.05, 3.63) is 35.9 Å². The maximum Gasteiger partial charge on any atom is 0.248 e. The second-order valence-corrected chi connectivity index (χ2v) is 21.4. The van der Waals surface area contributed by atoms with Crippen LogP contribution in [0.2, 0.25) is 0 Å². The molecular formula is C49H77NO36. The standard InChI is InChI=1S/C42H70O35.C7H7NO/c43-1-8-29-15(50)22(57)36(64-8)72-30-9(2-44)66-38(24(59)17(30)52)74-32-11(4-46)68-40(26(61)19(32)54)76-34-13(6-48)70-42(28(63)21(34)56)77-35-14(7-49)69-41(27(62)20(35)55)75-33-12(5-47)67-39(25(60)18(33)53)73-31-10(3-45)65-37(71-29)23(58)16(31)51;8-7(9)6-4-2-1-3-5-6/h8-63H,1-7H2;1-5H,(H2,8,9)/t8-,9-,10-,11-,12-,13-,14-,15-,16-,17-,18-,19-,20-,21-,22-,23-,24-,25-,26-,27-,28-,29-,30-,31-,32-,33-,34-,35-,36-,37-,38-,39-,40-,41-,42-;/m1./s1. The predicted molar refractivity (Wildman–Crippen MR) is 263 cm³/mol. The molecule has 23 N–H and O–H groups in total. The molecule has 37 heteroatoms. The van der Waals surface area contributed by atoms with Crippen molar-refractivity contribution in [2.24, 2.45) is 5.73 Å². The lowest BCUT2D eigenvalue weighted by molar-refractivity contribution is -0.396. The summed E-state index contributed by atoms with van der Waals surface area (Å²) in [5, 5.41) is 230. The van der Waals surface area contributed by atoms with Crippen molar-refractivity contribution < 1.29 is 178 Å². The Morgan fingerprint density at radius 3 is 0.535 bits per heavy atom. The van der Waals surface area contributed by atoms with E-state index in [-0.39, 0.29) is 5.91 Å². The van der Waals surface area contributed by atoms with Crippen molar-refractivity contribution >= 4 is 5.91 Å². The Hall–Kier alpha value is -2.71. The number of nitrogens with two attached hydrogens (primary N) is 1. The maximum atomic E-state index is 11.3. The number of rotatable bonds is 8. The number of carbonyl (C=O) groups excluding carboxylic acids is 1. The molecule has 86 heavy (non-hydrogen) atoms. The van der Waals surface area contributed by atoms with Gasteiger partial charge < -0.3 is 179 Å². The molecule has 21 aliphatic heterocycles. The fourth-order valence-corrected chi connectivity index (χ4v) is 11.0. The van der Waals surface area contributed by atoms with Crippen LogP contribution in [0.5, 0.6) is 0 Å². The highest BCUT2D eigenvalue weighted by molar-refractivity contribution is 5.92. The van der Waals surface area contributed by atoms with Gasteiger partial charge in [0.05, 0.1) is 46.2 Å². The second kappa shape index (κ2) is 30.2. The molecule has 35 atom stereocenters. The van der Waals surface area contributed by atoms with E-state index in [1.165, 1.54) is 0 Å². The van der Waals surface area contributed by atoms with Gasteiger partial charge in [-0.25, -0.2) is 0 Å². The predicted octanol–water partition coefficient (Wildman–Crippen LogP) is -14.4. The highest BCUT2D eigenvalue weighted by Crippen LogP contribution is 2.39. The van der Waals surface area contributed by atoms with Gasteiger partial charge in [0.2, 0.25) is 5.91 Å². The molecule has 0 aliphatic carbocycles. The van der Waals surface area contributed by atoms with Crippen molar-refractivity contribution in [3.8, 4) is 0 Å². The molecule has 14 bridgehead atoms. The summed E-state index contributed by atoms with van der Waals surface area (Å²) >= 11 is 0. The average molecular weight is 1260 g/mol. The van der Waals surface area contributed by atoms with Gasteiger partial charge in [-0.3, -0.25) is 4.79 Å². The van der Waals surface area contributed by atoms with Crippen LogP contribution >= 0.6 is 0 Å². The van der Waals surface area contributed by atoms with Gasteiger partial charge in [-0.2, -0.15) is 0 Å². The molecule has 1 aromatic rings. The van der Waals surface area contributed by atoms with Crippen molar-refractivity contribution in [2.45, 2.75) is 215 Å². The summed E-state index contributed by atoms with van der Waals surface area (Å²) in [6, 6.07) is 8.76. The number of benzene rings is 1. The summed E-state index contributed by atoms with van der Waals surface area (Å²) in [6.45, 7) is -7.33. The molecule has 22 rings (SSSR count). The maximum absolute atomic E-state index is 11.3. The van der Waals surface area contributed by atoms with Gasteiger partial charge in [0.25, 0.3) is 0 Å². The molecule has 21 heterocycles. The average Bonchev–Trinajstić information content (AvgIpc) is 1.22. The Labute approximate surface area is 486 Å². The highest BCUT2D eigenvalue weighted by atomic mass is 16.8. The van der Waals surface area contributed by atoms with Crippen molar-refractivity contribution in [1.82, 2.24) is 0 Å². The highest BCUT2D eigenvalue weighted by Gasteiger charge is 2.59. The normalized spacial score (nSPS) is 50.5. The van der Waals surface area contributed by atoms with E-state index in [1.807, 2.05) is 6.07 Å². The number of aliphatic hydroxyl groups is 21. The molecule has 37 nitrogen and oxygen atoms in total. The van der Waals surface area contributed by atoms with Gasteiger partial charge in [0.1, 0.15) is 171 Å². The van der Waals surface area contributed by atoms with Gasteiger partial charge in [-0.05, 0) is 12.1 Å². The molecule has 21 aliphatic rings. The summed E-state index contributed by atoms with van der Waals surface area (Å²) in [7, 11) is 0. The Morgan fingerprint density at radius 1 is 0.267 bits per heavy atom. The van der Waals surface area contributed by atoms with Crippen LogP contribution in [-0.4, -0.2) is 374 Å². The van der Waals surface area contributed by atoms with Crippen LogP contribution in [0.15, 0.2) is 30.3 Å². The quantitative estimate of drug-likeness (QED) is 0.115. The Kier molecular flexibility index (Phi) is 24.3. The summed E-state index contributed by atoms with van der Waals surface area (Å²) in [4.78, 5) is 10.4. The molecule has 494 valence electrons. The van der Waals surface area contributed by atoms with Gasteiger partial charge in [-0.15, -0.1) is 0 Å².